The van der Waals surface area contributed by atoms with Crippen LogP contribution in [0.5, 0.6) is 5.75 Å². The fourth-order valence-electron chi connectivity index (χ4n) is 4.06. The van der Waals surface area contributed by atoms with Crippen LogP contribution in [0.15, 0.2) is 24.3 Å². The van der Waals surface area contributed by atoms with Crippen molar-refractivity contribution in [3.8, 4) is 5.75 Å². The number of benzene rings is 1. The van der Waals surface area contributed by atoms with Crippen molar-refractivity contribution in [2.45, 2.75) is 70.1 Å². The van der Waals surface area contributed by atoms with E-state index in [1.54, 1.807) is 26.0 Å². The highest BCUT2D eigenvalue weighted by Crippen LogP contribution is 2.21. The van der Waals surface area contributed by atoms with Crippen molar-refractivity contribution in [1.29, 1.82) is 0 Å². The Kier molecular flexibility index (Phi) is 10.2. The summed E-state index contributed by atoms with van der Waals surface area (Å²) in [6.45, 7) is 3.74. The molecule has 0 saturated carbocycles. The van der Waals surface area contributed by atoms with Crippen molar-refractivity contribution in [3.05, 3.63) is 29.8 Å². The lowest BCUT2D eigenvalue weighted by Crippen LogP contribution is -2.59. The molecule has 0 bridgehead atoms. The summed E-state index contributed by atoms with van der Waals surface area (Å²) in [5, 5.41) is 33.1. The highest BCUT2D eigenvalue weighted by Gasteiger charge is 2.39. The van der Waals surface area contributed by atoms with E-state index in [2.05, 4.69) is 10.6 Å². The summed E-state index contributed by atoms with van der Waals surface area (Å²) in [6.07, 6.45) is 0.696. The molecule has 5 atom stereocenters. The maximum absolute atomic E-state index is 13.4. The topological polar surface area (TPSA) is 199 Å². The Morgan fingerprint density at radius 3 is 2.28 bits per heavy atom. The molecule has 1 saturated heterocycles. The first-order valence-corrected chi connectivity index (χ1v) is 11.8. The van der Waals surface area contributed by atoms with Gasteiger partial charge in [0.1, 0.15) is 23.9 Å². The van der Waals surface area contributed by atoms with Gasteiger partial charge in [0.05, 0.1) is 12.5 Å². The molecule has 12 heteroatoms. The maximum atomic E-state index is 13.4. The van der Waals surface area contributed by atoms with Crippen LogP contribution in [-0.2, 0) is 30.4 Å². The Hall–Kier alpha value is -3.67. The van der Waals surface area contributed by atoms with E-state index >= 15 is 0 Å². The van der Waals surface area contributed by atoms with Crippen LogP contribution < -0.4 is 16.4 Å². The van der Waals surface area contributed by atoms with Gasteiger partial charge in [-0.2, -0.15) is 0 Å². The van der Waals surface area contributed by atoms with Crippen molar-refractivity contribution in [1.82, 2.24) is 15.5 Å². The van der Waals surface area contributed by atoms with Crippen LogP contribution in [0.4, 0.5) is 0 Å². The Morgan fingerprint density at radius 1 is 1.08 bits per heavy atom. The fourth-order valence-corrected chi connectivity index (χ4v) is 4.06. The number of phenols is 1. The zero-order valence-electron chi connectivity index (χ0n) is 20.3. The first kappa shape index (κ1) is 28.6. The van der Waals surface area contributed by atoms with Gasteiger partial charge in [-0.1, -0.05) is 32.4 Å². The number of amides is 3. The van der Waals surface area contributed by atoms with Crippen LogP contribution in [0.1, 0.15) is 45.1 Å². The molecule has 2 rings (SSSR count). The van der Waals surface area contributed by atoms with E-state index in [-0.39, 0.29) is 24.6 Å². The minimum absolute atomic E-state index is 0.0212. The number of nitrogens with one attached hydrogen (secondary N) is 2. The summed E-state index contributed by atoms with van der Waals surface area (Å²) in [7, 11) is 0. The second-order valence-corrected chi connectivity index (χ2v) is 9.04. The number of aromatic hydroxyl groups is 1. The van der Waals surface area contributed by atoms with Crippen LogP contribution in [0.25, 0.3) is 0 Å². The molecular weight excluding hydrogens is 472 g/mol. The molecule has 36 heavy (non-hydrogen) atoms. The molecule has 0 radical (unpaired) electrons. The number of nitrogens with two attached hydrogens (primary N) is 1. The summed E-state index contributed by atoms with van der Waals surface area (Å²) in [6, 6.07) is 1.41. The van der Waals surface area contributed by atoms with Crippen molar-refractivity contribution >= 4 is 29.7 Å². The number of hydrogen-bond donors (Lipinski definition) is 6. The lowest BCUT2D eigenvalue weighted by molar-refractivity contribution is -0.149. The van der Waals surface area contributed by atoms with E-state index in [0.717, 1.165) is 0 Å². The monoisotopic (exact) mass is 506 g/mol. The van der Waals surface area contributed by atoms with E-state index < -0.39 is 60.2 Å². The zero-order chi connectivity index (χ0) is 27.0. The molecule has 1 aliphatic rings. The maximum Gasteiger partial charge on any atom is 0.326 e. The molecule has 1 heterocycles. The fraction of sp³-hybridized carbons (Fsp3) is 0.542. The third-order valence-electron chi connectivity index (χ3n) is 6.34. The number of nitrogens with zero attached hydrogens (tertiary/aromatic N) is 1. The van der Waals surface area contributed by atoms with E-state index in [1.807, 2.05) is 0 Å². The van der Waals surface area contributed by atoms with E-state index in [0.29, 0.717) is 24.8 Å². The van der Waals surface area contributed by atoms with E-state index in [1.165, 1.54) is 17.0 Å². The number of carbonyl (C=O) groups excluding carboxylic acids is 3. The van der Waals surface area contributed by atoms with Crippen molar-refractivity contribution < 1.29 is 39.3 Å². The largest absolute Gasteiger partial charge is 0.508 e. The Balaban J connectivity index is 2.28. The minimum atomic E-state index is -1.36. The zero-order valence-corrected chi connectivity index (χ0v) is 20.3. The number of hydrogen-bond acceptors (Lipinski definition) is 7. The SMILES string of the molecule is CCC(C)C(NC(=O)C(N)CC(=O)O)C(=O)NC(Cc1ccc(O)cc1)C(=O)N1CCCC1C(=O)O. The number of carboxylic acid groups (broad SMARTS) is 2. The molecule has 0 spiro atoms. The Bertz CT molecular complexity index is 967. The van der Waals surface area contributed by atoms with Gasteiger partial charge in [-0.05, 0) is 36.5 Å². The van der Waals surface area contributed by atoms with Crippen LogP contribution in [0.2, 0.25) is 0 Å². The Morgan fingerprint density at radius 2 is 1.72 bits per heavy atom. The molecule has 0 aliphatic carbocycles. The van der Waals surface area contributed by atoms with Crippen LogP contribution in [0.3, 0.4) is 0 Å². The third kappa shape index (κ3) is 7.67. The quantitative estimate of drug-likeness (QED) is 0.223. The normalized spacial score (nSPS) is 18.5. The summed E-state index contributed by atoms with van der Waals surface area (Å²) in [5.74, 6) is -4.82. The summed E-state index contributed by atoms with van der Waals surface area (Å²) in [5.41, 5.74) is 6.25. The second-order valence-electron chi connectivity index (χ2n) is 9.04. The number of rotatable bonds is 12. The van der Waals surface area contributed by atoms with E-state index in [9.17, 15) is 34.2 Å². The molecule has 0 aromatic heterocycles. The smallest absolute Gasteiger partial charge is 0.326 e. The number of aliphatic carboxylic acids is 2. The van der Waals surface area contributed by atoms with Gasteiger partial charge in [0.15, 0.2) is 0 Å². The number of carboxylic acids is 2. The predicted octanol–water partition coefficient (Wildman–Crippen LogP) is -0.172. The molecular formula is C24H34N4O8. The van der Waals surface area contributed by atoms with Gasteiger partial charge >= 0.3 is 11.9 Å². The summed E-state index contributed by atoms with van der Waals surface area (Å²) < 4.78 is 0. The van der Waals surface area contributed by atoms with Gasteiger partial charge in [0.2, 0.25) is 17.7 Å². The number of phenolic OH excluding ortho intramolecular Hbond substituents is 1. The molecule has 12 nitrogen and oxygen atoms in total. The van der Waals surface area contributed by atoms with Crippen LogP contribution in [0, 0.1) is 5.92 Å². The number of likely N-dealkylation sites (tertiary alicyclic amines) is 1. The first-order chi connectivity index (χ1) is 16.9. The molecule has 1 aromatic rings. The molecule has 1 fully saturated rings. The van der Waals surface area contributed by atoms with Crippen molar-refractivity contribution in [2.75, 3.05) is 6.54 Å². The van der Waals surface area contributed by atoms with E-state index in [4.69, 9.17) is 10.8 Å². The van der Waals surface area contributed by atoms with Gasteiger partial charge in [0, 0.05) is 13.0 Å². The minimum Gasteiger partial charge on any atom is -0.508 e. The van der Waals surface area contributed by atoms with Gasteiger partial charge in [-0.3, -0.25) is 19.2 Å². The lowest BCUT2D eigenvalue weighted by Gasteiger charge is -2.30. The molecule has 1 aromatic carbocycles. The second kappa shape index (κ2) is 12.9. The molecule has 7 N–H and O–H groups in total. The van der Waals surface area contributed by atoms with Gasteiger partial charge in [-0.15, -0.1) is 0 Å². The van der Waals surface area contributed by atoms with Crippen molar-refractivity contribution in [2.24, 2.45) is 11.7 Å². The molecule has 3 amide bonds. The summed E-state index contributed by atoms with van der Waals surface area (Å²) >= 11 is 0. The van der Waals surface area contributed by atoms with Gasteiger partial charge < -0.3 is 36.6 Å². The van der Waals surface area contributed by atoms with Crippen LogP contribution in [-0.4, -0.2) is 80.6 Å². The van der Waals surface area contributed by atoms with Crippen LogP contribution >= 0.6 is 0 Å². The number of carbonyl (C=O) groups is 5. The van der Waals surface area contributed by atoms with Gasteiger partial charge in [-0.25, -0.2) is 4.79 Å². The predicted molar refractivity (Wildman–Crippen MR) is 128 cm³/mol. The lowest BCUT2D eigenvalue weighted by atomic mass is 9.96. The molecule has 198 valence electrons. The highest BCUT2D eigenvalue weighted by molar-refractivity contribution is 5.95. The average molecular weight is 507 g/mol. The third-order valence-corrected chi connectivity index (χ3v) is 6.34. The van der Waals surface area contributed by atoms with Crippen molar-refractivity contribution in [3.63, 3.8) is 0 Å². The van der Waals surface area contributed by atoms with Gasteiger partial charge in [0.25, 0.3) is 0 Å². The first-order valence-electron chi connectivity index (χ1n) is 11.8. The highest BCUT2D eigenvalue weighted by atomic mass is 16.4. The Labute approximate surface area is 208 Å². The molecule has 5 unspecified atom stereocenters. The standard InChI is InChI=1S/C24H34N4O8/c1-3-13(2)20(27-21(32)16(25)12-19(30)31)22(33)26-17(11-14-6-8-15(29)9-7-14)23(34)28-10-4-5-18(28)24(35)36/h6-9,13,16-18,20,29H,3-5,10-12,25H2,1-2H3,(H,26,33)(H,27,32)(H,30,31)(H,35,36). The average Bonchev–Trinajstić information content (AvgIpc) is 3.32. The molecule has 1 aliphatic heterocycles. The summed E-state index contributed by atoms with van der Waals surface area (Å²) in [4.78, 5) is 62.9.